The van der Waals surface area contributed by atoms with Gasteiger partial charge >= 0.3 is 0 Å². The Kier molecular flexibility index (Phi) is 4.95. The first kappa shape index (κ1) is 13.0. The smallest absolute Gasteiger partial charge is 0.110 e. The third-order valence-corrected chi connectivity index (χ3v) is 4.39. The summed E-state index contributed by atoms with van der Waals surface area (Å²) in [5.74, 6) is 0.714. The van der Waals surface area contributed by atoms with Crippen LogP contribution in [0.15, 0.2) is 11.6 Å². The second kappa shape index (κ2) is 6.47. The molecule has 1 aromatic heterocycles. The summed E-state index contributed by atoms with van der Waals surface area (Å²) in [5.41, 5.74) is 0. The standard InChI is InChI=1S/C13H23N3S/c1-3-6-14-10-11-5-4-8-16(2)12(11)13-15-7-9-17-13/h7,9,11-12,14H,3-6,8,10H2,1-2H3. The molecule has 1 N–H and O–H groups in total. The molecule has 2 unspecified atom stereocenters. The first-order valence-electron chi connectivity index (χ1n) is 6.63. The average molecular weight is 253 g/mol. The van der Waals surface area contributed by atoms with Crippen molar-refractivity contribution in [3.63, 3.8) is 0 Å². The summed E-state index contributed by atoms with van der Waals surface area (Å²) in [6.07, 6.45) is 5.78. The van der Waals surface area contributed by atoms with Gasteiger partial charge in [0, 0.05) is 11.6 Å². The molecule has 1 aromatic rings. The third kappa shape index (κ3) is 3.27. The van der Waals surface area contributed by atoms with Gasteiger partial charge in [-0.3, -0.25) is 4.90 Å². The van der Waals surface area contributed by atoms with Crippen molar-refractivity contribution in [2.24, 2.45) is 5.92 Å². The Morgan fingerprint density at radius 3 is 3.18 bits per heavy atom. The molecule has 0 radical (unpaired) electrons. The largest absolute Gasteiger partial charge is 0.316 e. The van der Waals surface area contributed by atoms with Crippen LogP contribution in [0.2, 0.25) is 0 Å². The van der Waals surface area contributed by atoms with E-state index in [9.17, 15) is 0 Å². The highest BCUT2D eigenvalue weighted by molar-refractivity contribution is 7.09. The van der Waals surface area contributed by atoms with Crippen molar-refractivity contribution in [1.29, 1.82) is 0 Å². The molecule has 17 heavy (non-hydrogen) atoms. The molecule has 1 saturated heterocycles. The van der Waals surface area contributed by atoms with Crippen LogP contribution < -0.4 is 5.32 Å². The summed E-state index contributed by atoms with van der Waals surface area (Å²) in [5, 5.41) is 6.95. The van der Waals surface area contributed by atoms with Gasteiger partial charge in [-0.25, -0.2) is 4.98 Å². The van der Waals surface area contributed by atoms with E-state index in [1.54, 1.807) is 11.3 Å². The molecule has 1 aliphatic rings. The van der Waals surface area contributed by atoms with Gasteiger partial charge in [-0.15, -0.1) is 11.3 Å². The second-order valence-electron chi connectivity index (χ2n) is 4.90. The van der Waals surface area contributed by atoms with E-state index < -0.39 is 0 Å². The van der Waals surface area contributed by atoms with Crippen LogP contribution in [-0.4, -0.2) is 36.6 Å². The SMILES string of the molecule is CCCNCC1CCCN(C)C1c1nccs1. The van der Waals surface area contributed by atoms with E-state index in [-0.39, 0.29) is 0 Å². The van der Waals surface area contributed by atoms with Crippen molar-refractivity contribution in [2.75, 3.05) is 26.7 Å². The Bertz CT molecular complexity index is 312. The fourth-order valence-electron chi connectivity index (χ4n) is 2.71. The Morgan fingerprint density at radius 1 is 1.59 bits per heavy atom. The second-order valence-corrected chi connectivity index (χ2v) is 5.83. The molecule has 1 aliphatic heterocycles. The predicted octanol–water partition coefficient (Wildman–Crippen LogP) is 2.53. The lowest BCUT2D eigenvalue weighted by Crippen LogP contribution is -2.40. The Balaban J connectivity index is 2.01. The van der Waals surface area contributed by atoms with Crippen LogP contribution >= 0.6 is 11.3 Å². The maximum atomic E-state index is 4.52. The van der Waals surface area contributed by atoms with Crippen LogP contribution in [0.25, 0.3) is 0 Å². The van der Waals surface area contributed by atoms with E-state index in [1.165, 1.54) is 30.8 Å². The number of hydrogen-bond acceptors (Lipinski definition) is 4. The Hall–Kier alpha value is -0.450. The normalized spacial score (nSPS) is 26.2. The molecular formula is C13H23N3S. The van der Waals surface area contributed by atoms with Gasteiger partial charge in [0.15, 0.2) is 0 Å². The minimum atomic E-state index is 0.521. The van der Waals surface area contributed by atoms with Crippen molar-refractivity contribution < 1.29 is 0 Å². The highest BCUT2D eigenvalue weighted by atomic mass is 32.1. The summed E-state index contributed by atoms with van der Waals surface area (Å²) in [6.45, 7) is 5.68. The van der Waals surface area contributed by atoms with Crippen molar-refractivity contribution in [1.82, 2.24) is 15.2 Å². The molecule has 0 bridgehead atoms. The van der Waals surface area contributed by atoms with Crippen LogP contribution in [0.3, 0.4) is 0 Å². The van der Waals surface area contributed by atoms with Gasteiger partial charge in [0.2, 0.25) is 0 Å². The van der Waals surface area contributed by atoms with Crippen LogP contribution in [0.1, 0.15) is 37.2 Å². The third-order valence-electron chi connectivity index (χ3n) is 3.54. The summed E-state index contributed by atoms with van der Waals surface area (Å²) in [6, 6.07) is 0.521. The topological polar surface area (TPSA) is 28.2 Å². The number of aromatic nitrogens is 1. The molecule has 0 saturated carbocycles. The quantitative estimate of drug-likeness (QED) is 0.817. The fourth-order valence-corrected chi connectivity index (χ4v) is 3.60. The van der Waals surface area contributed by atoms with Gasteiger partial charge in [-0.05, 0) is 51.9 Å². The van der Waals surface area contributed by atoms with E-state index in [4.69, 9.17) is 0 Å². The molecule has 2 atom stereocenters. The van der Waals surface area contributed by atoms with Crippen LogP contribution in [0.5, 0.6) is 0 Å². The zero-order chi connectivity index (χ0) is 12.1. The molecule has 96 valence electrons. The van der Waals surface area contributed by atoms with E-state index in [0.29, 0.717) is 12.0 Å². The fraction of sp³-hybridized carbons (Fsp3) is 0.769. The minimum Gasteiger partial charge on any atom is -0.316 e. The van der Waals surface area contributed by atoms with Crippen LogP contribution in [-0.2, 0) is 0 Å². The maximum absolute atomic E-state index is 4.52. The molecule has 2 rings (SSSR count). The lowest BCUT2D eigenvalue weighted by Gasteiger charge is -2.38. The first-order valence-corrected chi connectivity index (χ1v) is 7.51. The number of rotatable bonds is 5. The Morgan fingerprint density at radius 2 is 2.47 bits per heavy atom. The summed E-state index contributed by atoms with van der Waals surface area (Å²) >= 11 is 1.80. The molecule has 0 spiro atoms. The van der Waals surface area contributed by atoms with E-state index in [1.807, 2.05) is 6.20 Å². The molecule has 0 aromatic carbocycles. The molecule has 2 heterocycles. The lowest BCUT2D eigenvalue weighted by atomic mass is 9.89. The predicted molar refractivity (Wildman–Crippen MR) is 73.4 cm³/mol. The molecule has 0 aliphatic carbocycles. The van der Waals surface area contributed by atoms with Gasteiger partial charge in [-0.1, -0.05) is 6.92 Å². The number of piperidine rings is 1. The zero-order valence-corrected chi connectivity index (χ0v) is 11.7. The van der Waals surface area contributed by atoms with Gasteiger partial charge in [-0.2, -0.15) is 0 Å². The number of thiazole rings is 1. The van der Waals surface area contributed by atoms with Gasteiger partial charge in [0.05, 0.1) is 6.04 Å². The highest BCUT2D eigenvalue weighted by Gasteiger charge is 2.31. The van der Waals surface area contributed by atoms with E-state index in [2.05, 4.69) is 34.6 Å². The van der Waals surface area contributed by atoms with Gasteiger partial charge < -0.3 is 5.32 Å². The number of nitrogens with one attached hydrogen (secondary N) is 1. The van der Waals surface area contributed by atoms with Crippen molar-refractivity contribution in [3.8, 4) is 0 Å². The van der Waals surface area contributed by atoms with Crippen molar-refractivity contribution in [3.05, 3.63) is 16.6 Å². The zero-order valence-electron chi connectivity index (χ0n) is 10.9. The van der Waals surface area contributed by atoms with E-state index in [0.717, 1.165) is 13.1 Å². The lowest BCUT2D eigenvalue weighted by molar-refractivity contribution is 0.119. The van der Waals surface area contributed by atoms with Gasteiger partial charge in [0.25, 0.3) is 0 Å². The summed E-state index contributed by atoms with van der Waals surface area (Å²) < 4.78 is 0. The summed E-state index contributed by atoms with van der Waals surface area (Å²) in [4.78, 5) is 6.99. The van der Waals surface area contributed by atoms with Crippen molar-refractivity contribution >= 4 is 11.3 Å². The molecule has 4 heteroatoms. The minimum absolute atomic E-state index is 0.521. The van der Waals surface area contributed by atoms with E-state index >= 15 is 0 Å². The molecule has 0 amide bonds. The molecule has 1 fully saturated rings. The Labute approximate surface area is 108 Å². The number of likely N-dealkylation sites (tertiary alicyclic amines) is 1. The molecular weight excluding hydrogens is 230 g/mol. The van der Waals surface area contributed by atoms with Crippen molar-refractivity contribution in [2.45, 2.75) is 32.2 Å². The number of nitrogens with zero attached hydrogens (tertiary/aromatic N) is 2. The first-order chi connectivity index (χ1) is 8.33. The average Bonchev–Trinajstić information content (AvgIpc) is 2.83. The molecule has 3 nitrogen and oxygen atoms in total. The number of hydrogen-bond donors (Lipinski definition) is 1. The van der Waals surface area contributed by atoms with Gasteiger partial charge in [0.1, 0.15) is 5.01 Å². The van der Waals surface area contributed by atoms with Crippen LogP contribution in [0.4, 0.5) is 0 Å². The highest BCUT2D eigenvalue weighted by Crippen LogP contribution is 2.35. The monoisotopic (exact) mass is 253 g/mol. The van der Waals surface area contributed by atoms with Crippen LogP contribution in [0, 0.1) is 5.92 Å². The summed E-state index contributed by atoms with van der Waals surface area (Å²) in [7, 11) is 2.23. The maximum Gasteiger partial charge on any atom is 0.110 e.